The molecule has 0 spiro atoms. The first-order chi connectivity index (χ1) is 8.16. The van der Waals surface area contributed by atoms with Gasteiger partial charge in [-0.3, -0.25) is 0 Å². The maximum Gasteiger partial charge on any atom is 0.345 e. The van der Waals surface area contributed by atoms with Gasteiger partial charge in [-0.05, 0) is 42.9 Å². The molecule has 0 saturated carbocycles. The summed E-state index contributed by atoms with van der Waals surface area (Å²) < 4.78 is 0. The molecule has 0 atom stereocenters. The van der Waals surface area contributed by atoms with Crippen LogP contribution in [0.25, 0.3) is 0 Å². The Morgan fingerprint density at radius 3 is 2.82 bits per heavy atom. The first-order valence-electron chi connectivity index (χ1n) is 5.80. The molecule has 1 aliphatic heterocycles. The predicted molar refractivity (Wildman–Crippen MR) is 73.2 cm³/mol. The fourth-order valence-electron chi connectivity index (χ4n) is 1.96. The Kier molecular flexibility index (Phi) is 4.48. The van der Waals surface area contributed by atoms with E-state index < -0.39 is 5.97 Å². The largest absolute Gasteiger partial charge is 0.477 e. The van der Waals surface area contributed by atoms with Crippen molar-refractivity contribution in [3.63, 3.8) is 0 Å². The number of carboxylic acids is 1. The molecule has 0 bridgehead atoms. The Hall–Kier alpha value is -0.520. The number of aromatic carboxylic acids is 1. The van der Waals surface area contributed by atoms with Crippen molar-refractivity contribution in [3.8, 4) is 0 Å². The topological polar surface area (TPSA) is 49.3 Å². The van der Waals surface area contributed by atoms with Crippen molar-refractivity contribution in [1.29, 1.82) is 0 Å². The van der Waals surface area contributed by atoms with Crippen molar-refractivity contribution in [2.75, 3.05) is 11.5 Å². The zero-order valence-corrected chi connectivity index (χ0v) is 11.5. The van der Waals surface area contributed by atoms with Crippen LogP contribution in [0.1, 0.15) is 33.0 Å². The van der Waals surface area contributed by atoms with Crippen LogP contribution in [0.2, 0.25) is 0 Å². The lowest BCUT2D eigenvalue weighted by Gasteiger charge is -2.22. The van der Waals surface area contributed by atoms with Crippen LogP contribution in [0.5, 0.6) is 0 Å². The zero-order valence-electron chi connectivity index (χ0n) is 9.86. The van der Waals surface area contributed by atoms with Gasteiger partial charge in [0, 0.05) is 17.5 Å². The van der Waals surface area contributed by atoms with Crippen LogP contribution in [-0.2, 0) is 6.54 Å². The van der Waals surface area contributed by atoms with Crippen molar-refractivity contribution in [3.05, 3.63) is 21.4 Å². The molecular weight excluding hydrogens is 254 g/mol. The van der Waals surface area contributed by atoms with Crippen LogP contribution in [0, 0.1) is 6.92 Å². The molecule has 1 aromatic rings. The molecule has 1 saturated heterocycles. The molecule has 2 rings (SSSR count). The van der Waals surface area contributed by atoms with Gasteiger partial charge in [-0.2, -0.15) is 11.8 Å². The number of carboxylic acid groups (broad SMARTS) is 1. The minimum absolute atomic E-state index is 0.443. The van der Waals surface area contributed by atoms with Crippen molar-refractivity contribution in [2.45, 2.75) is 32.4 Å². The minimum atomic E-state index is -0.821. The molecule has 0 radical (unpaired) electrons. The van der Waals surface area contributed by atoms with E-state index in [1.165, 1.54) is 35.7 Å². The van der Waals surface area contributed by atoms with Gasteiger partial charge in [0.05, 0.1) is 0 Å². The molecular formula is C12H17NO2S2. The van der Waals surface area contributed by atoms with Crippen LogP contribution >= 0.6 is 23.1 Å². The Balaban J connectivity index is 1.91. The Morgan fingerprint density at radius 2 is 2.24 bits per heavy atom. The van der Waals surface area contributed by atoms with E-state index in [4.69, 9.17) is 5.11 Å². The Labute approximate surface area is 110 Å². The standard InChI is InChI=1S/C12H17NO2S2/c1-8-9(6-11(17-8)12(14)15)7-13-10-2-4-16-5-3-10/h6,10,13H,2-5,7H2,1H3,(H,14,15). The maximum absolute atomic E-state index is 10.9. The highest BCUT2D eigenvalue weighted by Gasteiger charge is 2.15. The number of aryl methyl sites for hydroxylation is 1. The molecule has 2 N–H and O–H groups in total. The fraction of sp³-hybridized carbons (Fsp3) is 0.583. The number of rotatable bonds is 4. The number of nitrogens with one attached hydrogen (secondary N) is 1. The van der Waals surface area contributed by atoms with E-state index in [-0.39, 0.29) is 0 Å². The molecule has 17 heavy (non-hydrogen) atoms. The van der Waals surface area contributed by atoms with E-state index >= 15 is 0 Å². The molecule has 2 heterocycles. The SMILES string of the molecule is Cc1sc(C(=O)O)cc1CNC1CCSCC1. The van der Waals surface area contributed by atoms with Crippen molar-refractivity contribution < 1.29 is 9.90 Å². The summed E-state index contributed by atoms with van der Waals surface area (Å²) in [6.45, 7) is 2.79. The molecule has 3 nitrogen and oxygen atoms in total. The van der Waals surface area contributed by atoms with Gasteiger partial charge >= 0.3 is 5.97 Å². The number of hydrogen-bond donors (Lipinski definition) is 2. The molecule has 1 fully saturated rings. The van der Waals surface area contributed by atoms with E-state index in [1.54, 1.807) is 6.07 Å². The molecule has 94 valence electrons. The first-order valence-corrected chi connectivity index (χ1v) is 7.77. The van der Waals surface area contributed by atoms with Gasteiger partial charge in [0.1, 0.15) is 4.88 Å². The normalized spacial score (nSPS) is 17.2. The van der Waals surface area contributed by atoms with Crippen LogP contribution in [-0.4, -0.2) is 28.6 Å². The third-order valence-electron chi connectivity index (χ3n) is 3.03. The van der Waals surface area contributed by atoms with Gasteiger partial charge in [0.2, 0.25) is 0 Å². The number of carbonyl (C=O) groups is 1. The summed E-state index contributed by atoms with van der Waals surface area (Å²) in [5.74, 6) is 1.65. The van der Waals surface area contributed by atoms with Gasteiger partial charge in [0.15, 0.2) is 0 Å². The maximum atomic E-state index is 10.9. The summed E-state index contributed by atoms with van der Waals surface area (Å²) in [5.41, 5.74) is 1.13. The molecule has 5 heteroatoms. The van der Waals surface area contributed by atoms with Gasteiger partial charge in [-0.15, -0.1) is 11.3 Å². The molecule has 1 aliphatic rings. The van der Waals surface area contributed by atoms with Gasteiger partial charge in [0.25, 0.3) is 0 Å². The number of thiophene rings is 1. The fourth-order valence-corrected chi connectivity index (χ4v) is 3.94. The van der Waals surface area contributed by atoms with E-state index in [9.17, 15) is 4.79 Å². The molecule has 0 aliphatic carbocycles. The quantitative estimate of drug-likeness (QED) is 0.884. The highest BCUT2D eigenvalue weighted by atomic mass is 32.2. The van der Waals surface area contributed by atoms with Crippen LogP contribution in [0.4, 0.5) is 0 Å². The van der Waals surface area contributed by atoms with Crippen LogP contribution in [0.15, 0.2) is 6.07 Å². The lowest BCUT2D eigenvalue weighted by atomic mass is 10.1. The second kappa shape index (κ2) is 5.89. The van der Waals surface area contributed by atoms with E-state index in [0.717, 1.165) is 17.0 Å². The summed E-state index contributed by atoms with van der Waals surface area (Å²) in [5, 5.41) is 12.5. The summed E-state index contributed by atoms with van der Waals surface area (Å²) >= 11 is 3.38. The molecule has 1 aromatic heterocycles. The number of thioether (sulfide) groups is 1. The molecule has 0 amide bonds. The summed E-state index contributed by atoms with van der Waals surface area (Å²) in [4.78, 5) is 12.4. The van der Waals surface area contributed by atoms with Crippen molar-refractivity contribution >= 4 is 29.1 Å². The van der Waals surface area contributed by atoms with Gasteiger partial charge in [-0.1, -0.05) is 0 Å². The molecule has 0 aromatic carbocycles. The Bertz CT molecular complexity index is 397. The summed E-state index contributed by atoms with van der Waals surface area (Å²) in [6.07, 6.45) is 2.44. The second-order valence-electron chi connectivity index (χ2n) is 4.26. The van der Waals surface area contributed by atoms with Crippen LogP contribution < -0.4 is 5.32 Å². The zero-order chi connectivity index (χ0) is 12.3. The monoisotopic (exact) mass is 271 g/mol. The summed E-state index contributed by atoms with van der Waals surface area (Å²) in [6, 6.07) is 2.40. The average molecular weight is 271 g/mol. The Morgan fingerprint density at radius 1 is 1.53 bits per heavy atom. The highest BCUT2D eigenvalue weighted by molar-refractivity contribution is 7.99. The third kappa shape index (κ3) is 3.47. The average Bonchev–Trinajstić information content (AvgIpc) is 2.70. The molecule has 0 unspecified atom stereocenters. The summed E-state index contributed by atoms with van der Waals surface area (Å²) in [7, 11) is 0. The lowest BCUT2D eigenvalue weighted by molar-refractivity contribution is 0.0702. The van der Waals surface area contributed by atoms with E-state index in [0.29, 0.717) is 10.9 Å². The minimum Gasteiger partial charge on any atom is -0.477 e. The van der Waals surface area contributed by atoms with Crippen molar-refractivity contribution in [1.82, 2.24) is 5.32 Å². The second-order valence-corrected chi connectivity index (χ2v) is 6.75. The number of hydrogen-bond acceptors (Lipinski definition) is 4. The highest BCUT2D eigenvalue weighted by Crippen LogP contribution is 2.22. The first kappa shape index (κ1) is 12.9. The van der Waals surface area contributed by atoms with E-state index in [1.807, 2.05) is 18.7 Å². The van der Waals surface area contributed by atoms with Gasteiger partial charge in [-0.25, -0.2) is 4.79 Å². The van der Waals surface area contributed by atoms with E-state index in [2.05, 4.69) is 5.32 Å². The third-order valence-corrected chi connectivity index (χ3v) is 5.16. The smallest absolute Gasteiger partial charge is 0.345 e. The predicted octanol–water partition coefficient (Wildman–Crippen LogP) is 2.74. The van der Waals surface area contributed by atoms with Crippen molar-refractivity contribution in [2.24, 2.45) is 0 Å². The van der Waals surface area contributed by atoms with Gasteiger partial charge < -0.3 is 10.4 Å². The van der Waals surface area contributed by atoms with Crippen LogP contribution in [0.3, 0.4) is 0 Å². The lowest BCUT2D eigenvalue weighted by Crippen LogP contribution is -2.32.